The van der Waals surface area contributed by atoms with Crippen molar-refractivity contribution in [1.29, 1.82) is 0 Å². The van der Waals surface area contributed by atoms with Crippen LogP contribution in [-0.4, -0.2) is 29.0 Å². The maximum atomic E-state index is 12.1. The summed E-state index contributed by atoms with van der Waals surface area (Å²) in [6.45, 7) is 1.67. The van der Waals surface area contributed by atoms with E-state index in [4.69, 9.17) is 28.2 Å². The van der Waals surface area contributed by atoms with E-state index in [0.29, 0.717) is 17.1 Å². The maximum absolute atomic E-state index is 12.1. The highest BCUT2D eigenvalue weighted by atomic mass is 35.5. The van der Waals surface area contributed by atoms with Gasteiger partial charge in [0, 0.05) is 36.1 Å². The van der Waals surface area contributed by atoms with E-state index >= 15 is 0 Å². The van der Waals surface area contributed by atoms with Crippen LogP contribution in [0.5, 0.6) is 0 Å². The summed E-state index contributed by atoms with van der Waals surface area (Å²) in [5, 5.41) is 8.45. The van der Waals surface area contributed by atoms with Crippen LogP contribution < -0.4 is 10.6 Å². The normalized spacial score (nSPS) is 13.0. The Hall–Kier alpha value is -2.37. The predicted molar refractivity (Wildman–Crippen MR) is 146 cm³/mol. The monoisotopic (exact) mass is 512 g/mol. The van der Waals surface area contributed by atoms with Crippen LogP contribution in [0.1, 0.15) is 79.4 Å². The third kappa shape index (κ3) is 7.08. The fourth-order valence-corrected chi connectivity index (χ4v) is 5.04. The standard InChI is InChI=1S/C28H34Cl2N4O/c29-23-18-20(19-33-27(23)30)28(35)32-17-11-5-3-1-2-4-10-16-31-26-21-12-6-8-14-24(21)34-25-15-9-7-13-22(25)26/h6,8,12,14,18-19H,1-5,7,9-11,13,15-17H2,(H,31,34)(H,32,35). The number of nitrogens with one attached hydrogen (secondary N) is 2. The second kappa shape index (κ2) is 13.1. The number of rotatable bonds is 12. The Morgan fingerprint density at radius 3 is 2.43 bits per heavy atom. The number of hydrogen-bond acceptors (Lipinski definition) is 4. The van der Waals surface area contributed by atoms with E-state index in [-0.39, 0.29) is 11.1 Å². The van der Waals surface area contributed by atoms with E-state index in [1.54, 1.807) is 6.07 Å². The number of hydrogen-bond donors (Lipinski definition) is 2. The summed E-state index contributed by atoms with van der Waals surface area (Å²) < 4.78 is 0. The molecule has 0 saturated heterocycles. The molecule has 2 N–H and O–H groups in total. The molecule has 0 aliphatic heterocycles. The SMILES string of the molecule is O=C(NCCCCCCCCCNc1c2c(nc3ccccc13)CCCC2)c1cnc(Cl)c(Cl)c1. The van der Waals surface area contributed by atoms with E-state index in [1.165, 1.54) is 73.5 Å². The Bertz CT molecular complexity index is 1150. The number of carbonyl (C=O) groups excluding carboxylic acids is 1. The first-order valence-corrected chi connectivity index (χ1v) is 13.6. The number of unbranched alkanes of at least 4 members (excludes halogenated alkanes) is 6. The molecule has 186 valence electrons. The van der Waals surface area contributed by atoms with Gasteiger partial charge >= 0.3 is 0 Å². The molecule has 0 bridgehead atoms. The van der Waals surface area contributed by atoms with Crippen LogP contribution in [0.4, 0.5) is 5.69 Å². The molecule has 1 aliphatic carbocycles. The molecule has 0 saturated carbocycles. The van der Waals surface area contributed by atoms with Crippen molar-refractivity contribution in [2.75, 3.05) is 18.4 Å². The summed E-state index contributed by atoms with van der Waals surface area (Å²) in [4.78, 5) is 21.0. The first-order valence-electron chi connectivity index (χ1n) is 12.9. The number of anilines is 1. The molecule has 0 spiro atoms. The number of benzene rings is 1. The summed E-state index contributed by atoms with van der Waals surface area (Å²) in [5.41, 5.74) is 5.61. The molecule has 1 amide bonds. The highest BCUT2D eigenvalue weighted by Crippen LogP contribution is 2.33. The predicted octanol–water partition coefficient (Wildman–Crippen LogP) is 7.39. The lowest BCUT2D eigenvalue weighted by Crippen LogP contribution is -2.24. The zero-order valence-electron chi connectivity index (χ0n) is 20.2. The fourth-order valence-electron chi connectivity index (χ4n) is 4.77. The summed E-state index contributed by atoms with van der Waals surface area (Å²) in [6.07, 6.45) is 14.4. The summed E-state index contributed by atoms with van der Waals surface area (Å²) >= 11 is 11.7. The number of aryl methyl sites for hydroxylation is 1. The zero-order chi connectivity index (χ0) is 24.5. The summed E-state index contributed by atoms with van der Waals surface area (Å²) in [7, 11) is 0. The summed E-state index contributed by atoms with van der Waals surface area (Å²) in [6, 6.07) is 10.1. The highest BCUT2D eigenvalue weighted by molar-refractivity contribution is 6.41. The van der Waals surface area contributed by atoms with Crippen LogP contribution in [0.2, 0.25) is 10.2 Å². The number of carbonyl (C=O) groups is 1. The lowest BCUT2D eigenvalue weighted by molar-refractivity contribution is 0.0952. The van der Waals surface area contributed by atoms with Gasteiger partial charge in [-0.05, 0) is 56.2 Å². The molecule has 0 fully saturated rings. The molecule has 0 unspecified atom stereocenters. The minimum atomic E-state index is -0.160. The van der Waals surface area contributed by atoms with Gasteiger partial charge < -0.3 is 10.6 Å². The van der Waals surface area contributed by atoms with Crippen molar-refractivity contribution in [1.82, 2.24) is 15.3 Å². The smallest absolute Gasteiger partial charge is 0.252 e. The molecule has 0 atom stereocenters. The van der Waals surface area contributed by atoms with Crippen molar-refractivity contribution in [2.24, 2.45) is 0 Å². The van der Waals surface area contributed by atoms with Gasteiger partial charge in [0.05, 0.1) is 16.1 Å². The van der Waals surface area contributed by atoms with Gasteiger partial charge in [-0.25, -0.2) is 4.98 Å². The summed E-state index contributed by atoms with van der Waals surface area (Å²) in [5.74, 6) is -0.160. The van der Waals surface area contributed by atoms with Crippen LogP contribution in [0, 0.1) is 0 Å². The Kier molecular flexibility index (Phi) is 9.61. The van der Waals surface area contributed by atoms with E-state index in [2.05, 4.69) is 39.9 Å². The first-order chi connectivity index (χ1) is 17.1. The Labute approximate surface area is 218 Å². The molecule has 1 aliphatic rings. The highest BCUT2D eigenvalue weighted by Gasteiger charge is 2.17. The topological polar surface area (TPSA) is 66.9 Å². The number of fused-ring (bicyclic) bond motifs is 2. The molecule has 4 rings (SSSR count). The van der Waals surface area contributed by atoms with Crippen molar-refractivity contribution in [3.63, 3.8) is 0 Å². The van der Waals surface area contributed by atoms with Crippen LogP contribution in [0.3, 0.4) is 0 Å². The first kappa shape index (κ1) is 25.7. The average molecular weight is 514 g/mol. The van der Waals surface area contributed by atoms with E-state index in [0.717, 1.165) is 37.7 Å². The van der Waals surface area contributed by atoms with Crippen LogP contribution in [-0.2, 0) is 12.8 Å². The molecular weight excluding hydrogens is 479 g/mol. The molecule has 35 heavy (non-hydrogen) atoms. The second-order valence-electron chi connectivity index (χ2n) is 9.29. The number of para-hydroxylation sites is 1. The van der Waals surface area contributed by atoms with Gasteiger partial charge in [-0.2, -0.15) is 0 Å². The molecule has 2 aromatic heterocycles. The Balaban J connectivity index is 1.09. The molecule has 1 aromatic carbocycles. The quantitative estimate of drug-likeness (QED) is 0.196. The Morgan fingerprint density at radius 1 is 0.914 bits per heavy atom. The largest absolute Gasteiger partial charge is 0.384 e. The van der Waals surface area contributed by atoms with Crippen LogP contribution in [0.25, 0.3) is 10.9 Å². The minimum Gasteiger partial charge on any atom is -0.384 e. The van der Waals surface area contributed by atoms with Gasteiger partial charge in [0.1, 0.15) is 5.15 Å². The van der Waals surface area contributed by atoms with Gasteiger partial charge in [-0.1, -0.05) is 73.5 Å². The Morgan fingerprint density at radius 2 is 1.63 bits per heavy atom. The van der Waals surface area contributed by atoms with Gasteiger partial charge in [0.15, 0.2) is 0 Å². The van der Waals surface area contributed by atoms with Crippen molar-refractivity contribution >= 4 is 45.7 Å². The molecule has 7 heteroatoms. The number of halogens is 2. The lowest BCUT2D eigenvalue weighted by atomic mass is 9.92. The maximum Gasteiger partial charge on any atom is 0.252 e. The van der Waals surface area contributed by atoms with Gasteiger partial charge in [0.25, 0.3) is 5.91 Å². The number of nitrogens with zero attached hydrogens (tertiary/aromatic N) is 2. The number of pyridine rings is 2. The average Bonchev–Trinajstić information content (AvgIpc) is 2.88. The number of aromatic nitrogens is 2. The molecule has 5 nitrogen and oxygen atoms in total. The second-order valence-corrected chi connectivity index (χ2v) is 10.1. The molecule has 2 heterocycles. The van der Waals surface area contributed by atoms with Gasteiger partial charge in [-0.15, -0.1) is 0 Å². The van der Waals surface area contributed by atoms with E-state index in [9.17, 15) is 4.79 Å². The van der Waals surface area contributed by atoms with Crippen molar-refractivity contribution in [3.8, 4) is 0 Å². The van der Waals surface area contributed by atoms with Crippen molar-refractivity contribution in [2.45, 2.75) is 70.6 Å². The van der Waals surface area contributed by atoms with Crippen LogP contribution in [0.15, 0.2) is 36.5 Å². The number of amides is 1. The molecule has 0 radical (unpaired) electrons. The van der Waals surface area contributed by atoms with Gasteiger partial charge in [0.2, 0.25) is 0 Å². The fraction of sp³-hybridized carbons (Fsp3) is 0.464. The van der Waals surface area contributed by atoms with Crippen molar-refractivity contribution < 1.29 is 4.79 Å². The van der Waals surface area contributed by atoms with E-state index < -0.39 is 0 Å². The zero-order valence-corrected chi connectivity index (χ0v) is 21.7. The van der Waals surface area contributed by atoms with Gasteiger partial charge in [-0.3, -0.25) is 9.78 Å². The lowest BCUT2D eigenvalue weighted by Gasteiger charge is -2.21. The van der Waals surface area contributed by atoms with Crippen LogP contribution >= 0.6 is 23.2 Å². The third-order valence-corrected chi connectivity index (χ3v) is 7.35. The third-order valence-electron chi connectivity index (χ3n) is 6.67. The van der Waals surface area contributed by atoms with E-state index in [1.807, 2.05) is 0 Å². The molecular formula is C28H34Cl2N4O. The molecule has 3 aromatic rings. The van der Waals surface area contributed by atoms with Crippen molar-refractivity contribution in [3.05, 3.63) is 63.5 Å². The minimum absolute atomic E-state index is 0.160.